The molecule has 1 N–H and O–H groups in total. The monoisotopic (exact) mass is 548 g/mol. The Bertz CT molecular complexity index is 931. The molecule has 2 aromatic carbocycles. The van der Waals surface area contributed by atoms with Gasteiger partial charge >= 0.3 is 0 Å². The van der Waals surface area contributed by atoms with Gasteiger partial charge in [0, 0.05) is 44.5 Å². The molecule has 0 aliphatic rings. The highest BCUT2D eigenvalue weighted by molar-refractivity contribution is 7.99. The smallest absolute Gasteiger partial charge is 0.242 e. The number of nitrogens with one attached hydrogen (secondary N) is 1. The molecule has 180 valence electrons. The Morgan fingerprint density at radius 1 is 0.939 bits per heavy atom. The minimum absolute atomic E-state index is 0.137. The van der Waals surface area contributed by atoms with E-state index in [1.807, 2.05) is 20.8 Å². The van der Waals surface area contributed by atoms with Crippen LogP contribution in [-0.2, 0) is 21.9 Å². The van der Waals surface area contributed by atoms with Gasteiger partial charge in [-0.05, 0) is 42.2 Å². The van der Waals surface area contributed by atoms with Crippen molar-refractivity contribution in [2.24, 2.45) is 5.92 Å². The van der Waals surface area contributed by atoms with E-state index in [0.717, 1.165) is 5.56 Å². The Labute approximate surface area is 220 Å². The largest absolute Gasteiger partial charge is 0.354 e. The van der Waals surface area contributed by atoms with E-state index in [2.05, 4.69) is 5.32 Å². The molecule has 0 saturated heterocycles. The maximum atomic E-state index is 13.3. The van der Waals surface area contributed by atoms with Crippen molar-refractivity contribution in [3.05, 3.63) is 67.6 Å². The van der Waals surface area contributed by atoms with Gasteiger partial charge in [-0.3, -0.25) is 9.59 Å². The van der Waals surface area contributed by atoms with Gasteiger partial charge in [0.1, 0.15) is 6.04 Å². The average molecular weight is 550 g/mol. The molecule has 0 spiro atoms. The van der Waals surface area contributed by atoms with Crippen LogP contribution in [0.15, 0.2) is 36.4 Å². The summed E-state index contributed by atoms with van der Waals surface area (Å²) in [5.41, 5.74) is 1.39. The minimum atomic E-state index is -0.645. The quantitative estimate of drug-likeness (QED) is 0.325. The standard InChI is InChI=1S/C24H28Cl4N2O2S/c1-4-22(24(32)29-11-15(2)3)30(12-16-18(25)7-5-8-19(16)26)23(31)14-33-13-17-20(27)9-6-10-21(17)28/h5-10,15,22H,4,11-14H2,1-3H3,(H,29,32)/t22-/m1/s1. The number of hydrogen-bond donors (Lipinski definition) is 1. The molecule has 33 heavy (non-hydrogen) atoms. The Morgan fingerprint density at radius 2 is 1.45 bits per heavy atom. The van der Waals surface area contributed by atoms with Crippen LogP contribution in [0.1, 0.15) is 38.3 Å². The average Bonchev–Trinajstić information content (AvgIpc) is 2.76. The number of benzene rings is 2. The molecule has 2 rings (SSSR count). The van der Waals surface area contributed by atoms with Crippen LogP contribution in [0.4, 0.5) is 0 Å². The van der Waals surface area contributed by atoms with Crippen molar-refractivity contribution >= 4 is 70.0 Å². The van der Waals surface area contributed by atoms with Crippen molar-refractivity contribution in [1.82, 2.24) is 10.2 Å². The van der Waals surface area contributed by atoms with Crippen LogP contribution in [0.5, 0.6) is 0 Å². The highest BCUT2D eigenvalue weighted by Crippen LogP contribution is 2.30. The van der Waals surface area contributed by atoms with E-state index in [0.29, 0.717) is 50.3 Å². The topological polar surface area (TPSA) is 49.4 Å². The zero-order valence-corrected chi connectivity index (χ0v) is 22.7. The number of rotatable bonds is 11. The van der Waals surface area contributed by atoms with Crippen LogP contribution in [0, 0.1) is 5.92 Å². The first-order valence-electron chi connectivity index (χ1n) is 10.7. The van der Waals surface area contributed by atoms with Crippen LogP contribution in [0.2, 0.25) is 20.1 Å². The van der Waals surface area contributed by atoms with Crippen molar-refractivity contribution in [1.29, 1.82) is 0 Å². The first-order valence-corrected chi connectivity index (χ1v) is 13.3. The molecule has 0 aliphatic carbocycles. The maximum Gasteiger partial charge on any atom is 0.242 e. The Kier molecular flexibility index (Phi) is 11.7. The molecule has 0 fully saturated rings. The van der Waals surface area contributed by atoms with Crippen molar-refractivity contribution in [2.75, 3.05) is 12.3 Å². The molecule has 2 amide bonds. The number of nitrogens with zero attached hydrogens (tertiary/aromatic N) is 1. The van der Waals surface area contributed by atoms with Gasteiger partial charge in [-0.15, -0.1) is 11.8 Å². The third kappa shape index (κ3) is 8.25. The zero-order chi connectivity index (χ0) is 24.5. The molecule has 0 aromatic heterocycles. The van der Waals surface area contributed by atoms with Crippen molar-refractivity contribution in [3.8, 4) is 0 Å². The molecule has 1 atom stereocenters. The second-order valence-electron chi connectivity index (χ2n) is 7.98. The van der Waals surface area contributed by atoms with E-state index < -0.39 is 6.04 Å². The summed E-state index contributed by atoms with van der Waals surface area (Å²) in [6.07, 6.45) is 0.457. The number of hydrogen-bond acceptors (Lipinski definition) is 3. The predicted molar refractivity (Wildman–Crippen MR) is 142 cm³/mol. The summed E-state index contributed by atoms with van der Waals surface area (Å²) < 4.78 is 0. The second-order valence-corrected chi connectivity index (χ2v) is 10.6. The molecular formula is C24H28Cl4N2O2S. The number of carbonyl (C=O) groups excluding carboxylic acids is 2. The van der Waals surface area contributed by atoms with Crippen LogP contribution in [0.25, 0.3) is 0 Å². The minimum Gasteiger partial charge on any atom is -0.354 e. The van der Waals surface area contributed by atoms with Crippen molar-refractivity contribution < 1.29 is 9.59 Å². The third-order valence-corrected chi connectivity index (χ3v) is 7.35. The van der Waals surface area contributed by atoms with E-state index in [-0.39, 0.29) is 24.1 Å². The van der Waals surface area contributed by atoms with Crippen LogP contribution in [0.3, 0.4) is 0 Å². The molecule has 0 heterocycles. The summed E-state index contributed by atoms with van der Waals surface area (Å²) in [4.78, 5) is 27.9. The van der Waals surface area contributed by atoms with Gasteiger partial charge < -0.3 is 10.2 Å². The Balaban J connectivity index is 2.22. The van der Waals surface area contributed by atoms with E-state index in [1.165, 1.54) is 11.8 Å². The number of thioether (sulfide) groups is 1. The molecular weight excluding hydrogens is 522 g/mol. The van der Waals surface area contributed by atoms with Crippen LogP contribution in [-0.4, -0.2) is 35.1 Å². The lowest BCUT2D eigenvalue weighted by Crippen LogP contribution is -2.50. The number of amides is 2. The second kappa shape index (κ2) is 13.7. The van der Waals surface area contributed by atoms with E-state index in [1.54, 1.807) is 41.3 Å². The van der Waals surface area contributed by atoms with E-state index in [4.69, 9.17) is 46.4 Å². The number of carbonyl (C=O) groups is 2. The predicted octanol–water partition coefficient (Wildman–Crippen LogP) is 7.11. The van der Waals surface area contributed by atoms with Gasteiger partial charge in [0.25, 0.3) is 0 Å². The lowest BCUT2D eigenvalue weighted by Gasteiger charge is -2.31. The van der Waals surface area contributed by atoms with Crippen LogP contribution >= 0.6 is 58.2 Å². The molecule has 0 saturated carbocycles. The fourth-order valence-electron chi connectivity index (χ4n) is 3.19. The number of halogens is 4. The third-order valence-electron chi connectivity index (χ3n) is 4.99. The van der Waals surface area contributed by atoms with Crippen molar-refractivity contribution in [3.63, 3.8) is 0 Å². The molecule has 9 heteroatoms. The molecule has 0 radical (unpaired) electrons. The Hall–Kier alpha value is -1.11. The summed E-state index contributed by atoms with van der Waals surface area (Å²) in [7, 11) is 0. The molecule has 0 bridgehead atoms. The first kappa shape index (κ1) is 28.1. The van der Waals surface area contributed by atoms with E-state index >= 15 is 0 Å². The zero-order valence-electron chi connectivity index (χ0n) is 18.8. The van der Waals surface area contributed by atoms with Gasteiger partial charge in [0.2, 0.25) is 11.8 Å². The lowest BCUT2D eigenvalue weighted by atomic mass is 10.1. The Morgan fingerprint density at radius 3 is 1.94 bits per heavy atom. The molecule has 0 unspecified atom stereocenters. The summed E-state index contributed by atoms with van der Waals surface area (Å²) in [5, 5.41) is 4.96. The summed E-state index contributed by atoms with van der Waals surface area (Å²) in [5.74, 6) is 0.538. The summed E-state index contributed by atoms with van der Waals surface area (Å²) >= 11 is 26.6. The normalized spacial score (nSPS) is 12.0. The summed E-state index contributed by atoms with van der Waals surface area (Å²) in [6, 6.07) is 9.86. The molecule has 0 aliphatic heterocycles. The van der Waals surface area contributed by atoms with E-state index in [9.17, 15) is 9.59 Å². The van der Waals surface area contributed by atoms with Gasteiger partial charge in [-0.25, -0.2) is 0 Å². The van der Waals surface area contributed by atoms with Gasteiger partial charge in [-0.1, -0.05) is 79.3 Å². The SMILES string of the molecule is CC[C@H](C(=O)NCC(C)C)N(Cc1c(Cl)cccc1Cl)C(=O)CSCc1c(Cl)cccc1Cl. The van der Waals surface area contributed by atoms with Crippen LogP contribution < -0.4 is 5.32 Å². The van der Waals surface area contributed by atoms with Crippen molar-refractivity contribution in [2.45, 2.75) is 45.5 Å². The van der Waals surface area contributed by atoms with Gasteiger partial charge in [-0.2, -0.15) is 0 Å². The summed E-state index contributed by atoms with van der Waals surface area (Å²) in [6.45, 7) is 6.58. The lowest BCUT2D eigenvalue weighted by molar-refractivity contribution is -0.139. The highest BCUT2D eigenvalue weighted by atomic mass is 35.5. The highest BCUT2D eigenvalue weighted by Gasteiger charge is 2.29. The fourth-order valence-corrected chi connectivity index (χ4v) is 5.35. The molecule has 2 aromatic rings. The maximum absolute atomic E-state index is 13.3. The fraction of sp³-hybridized carbons (Fsp3) is 0.417. The first-order chi connectivity index (χ1) is 15.6. The van der Waals surface area contributed by atoms with Gasteiger partial charge in [0.05, 0.1) is 5.75 Å². The molecule has 4 nitrogen and oxygen atoms in total. The van der Waals surface area contributed by atoms with Gasteiger partial charge in [0.15, 0.2) is 0 Å².